The van der Waals surface area contributed by atoms with Crippen LogP contribution in [0.5, 0.6) is 5.75 Å². The SMILES string of the molecule is CCCCCCCCCCCOc1cccc(C(=O)N[C@@H]2C(O[C@H]3C(O)C(NC(C)=O)C(OC4C(CO)O[C@@H](O[C@H]5C(O)C(NC(C)=O)C(OC6C(CO[C@@H]7OC(C)C(O)[C@H](O)[C@H]7O)O[C@@H](O)[C@@H](NC(C)=O)[C@H]6O)O[C@H]5CO)[C@@H](NC(C)=O)[C@H]4O)O[C@H]3CO)CC(CO)[C@@H](O)[C@@H]2O)c1. The summed E-state index contributed by atoms with van der Waals surface area (Å²) in [5.74, 6) is -4.56. The number of amides is 5. The zero-order valence-electron chi connectivity index (χ0n) is 55.7. The van der Waals surface area contributed by atoms with Gasteiger partial charge in [-0.05, 0) is 38.0 Å². The van der Waals surface area contributed by atoms with Gasteiger partial charge in [-0.25, -0.2) is 0 Å². The lowest BCUT2D eigenvalue weighted by molar-refractivity contribution is -0.365. The fraction of sp³-hybridized carbons (Fsp3) is 0.825. The number of aliphatic hydroxyl groups is 14. The summed E-state index contributed by atoms with van der Waals surface area (Å²) < 4.78 is 66.5. The molecule has 35 heteroatoms. The minimum absolute atomic E-state index is 0.115. The summed E-state index contributed by atoms with van der Waals surface area (Å²) in [6, 6.07) is -2.00. The number of carbonyl (C=O) groups excluding carboxylic acids is 5. The molecule has 30 atom stereocenters. The smallest absolute Gasteiger partial charge is 0.251 e. The van der Waals surface area contributed by atoms with Gasteiger partial charge in [0.15, 0.2) is 31.5 Å². The van der Waals surface area contributed by atoms with E-state index in [-0.39, 0.29) is 12.0 Å². The molecular formula is C63H103N5O30. The molecule has 1 aliphatic carbocycles. The van der Waals surface area contributed by atoms with Crippen LogP contribution in [0.15, 0.2) is 24.3 Å². The van der Waals surface area contributed by atoms with Crippen molar-refractivity contribution in [1.29, 1.82) is 0 Å². The number of hydrogen-bond donors (Lipinski definition) is 19. The van der Waals surface area contributed by atoms with E-state index in [0.717, 1.165) is 53.4 Å². The van der Waals surface area contributed by atoms with E-state index in [9.17, 15) is 95.5 Å². The Morgan fingerprint density at radius 1 is 0.459 bits per heavy atom. The molecule has 1 aromatic rings. The summed E-state index contributed by atoms with van der Waals surface area (Å²) in [5.41, 5.74) is 0.115. The highest BCUT2D eigenvalue weighted by Gasteiger charge is 2.58. The number of ether oxygens (including phenoxy) is 11. The maximum Gasteiger partial charge on any atom is 0.251 e. The molecule has 35 nitrogen and oxygen atoms in total. The van der Waals surface area contributed by atoms with Crippen molar-refractivity contribution in [2.45, 2.75) is 283 Å². The quantitative estimate of drug-likeness (QED) is 0.0298. The molecular weight excluding hydrogens is 1310 g/mol. The number of carbonyl (C=O) groups is 5. The second-order valence-electron chi connectivity index (χ2n) is 25.9. The van der Waals surface area contributed by atoms with Crippen molar-refractivity contribution < 1.29 is 148 Å². The third kappa shape index (κ3) is 20.6. The molecule has 14 unspecified atom stereocenters. The Morgan fingerprint density at radius 3 is 1.38 bits per heavy atom. The molecule has 5 amide bonds. The molecule has 5 aliphatic heterocycles. The second-order valence-corrected chi connectivity index (χ2v) is 25.9. The first-order valence-corrected chi connectivity index (χ1v) is 33.5. The Balaban J connectivity index is 1.07. The van der Waals surface area contributed by atoms with Crippen molar-refractivity contribution in [3.63, 3.8) is 0 Å². The lowest BCUT2D eigenvalue weighted by Crippen LogP contribution is -2.72. The highest BCUT2D eigenvalue weighted by molar-refractivity contribution is 5.94. The van der Waals surface area contributed by atoms with Crippen molar-refractivity contribution in [1.82, 2.24) is 26.6 Å². The number of rotatable bonds is 32. The summed E-state index contributed by atoms with van der Waals surface area (Å²) in [5, 5.41) is 169. The topological polar surface area (TPSA) is 530 Å². The van der Waals surface area contributed by atoms with Crippen molar-refractivity contribution in [2.24, 2.45) is 5.92 Å². The van der Waals surface area contributed by atoms with Gasteiger partial charge >= 0.3 is 0 Å². The van der Waals surface area contributed by atoms with Gasteiger partial charge in [0.25, 0.3) is 5.91 Å². The standard InChI is InChI=1S/C63H103N5O30/c1-7-8-9-10-11-12-13-14-15-19-88-34-18-16-17-32(20-34)58(86)68-40-35(21-33(22-69)46(78)47(40)79)91-54-36(23-70)93-60(42(49(54)81)65-29(4)74)96-55-37(24-71)94-61(43(50(55)82)66-30(5)75)97-56-38(25-72)95-62(44(51(56)83)67-31(6)76)98-57-39(92-59(87)41(48(57)80)64-28(3)73)26-89-63-53(85)52(84)45(77)27(2)90-63/h16-18,20,27,33,35-57,59-63,69-72,77-85,87H,7-15,19,21-26H2,1-6H3,(H,64,73)(H,65,74)(H,66,75)(H,67,76)(H,68,86)/t27?,33?,35?,36-,37?,38-,39?,40+,41-,42?,43-,44?,45?,46+,47+,48+,49?,50+,51?,52-,53+,54+,55?,56+,57?,59+,60?,61-,62?,63+/m0/s1. The number of unbranched alkanes of at least 4 members (excludes halogenated alkanes) is 8. The van der Waals surface area contributed by atoms with Gasteiger partial charge in [-0.15, -0.1) is 0 Å². The van der Waals surface area contributed by atoms with Crippen molar-refractivity contribution in [3.8, 4) is 5.75 Å². The van der Waals surface area contributed by atoms with Crippen LogP contribution in [-0.4, -0.2) is 318 Å². The van der Waals surface area contributed by atoms with Gasteiger partial charge in [0.2, 0.25) is 23.6 Å². The summed E-state index contributed by atoms with van der Waals surface area (Å²) >= 11 is 0. The van der Waals surface area contributed by atoms with Gasteiger partial charge in [-0.3, -0.25) is 24.0 Å². The minimum Gasteiger partial charge on any atom is -0.494 e. The zero-order chi connectivity index (χ0) is 71.8. The van der Waals surface area contributed by atoms with Gasteiger partial charge < -0.3 is 150 Å². The Kier molecular flexibility index (Phi) is 31.4. The molecule has 1 saturated carbocycles. The van der Waals surface area contributed by atoms with Crippen LogP contribution in [0.1, 0.15) is 116 Å². The minimum atomic E-state index is -2.05. The van der Waals surface area contributed by atoms with Crippen LogP contribution < -0.4 is 31.3 Å². The van der Waals surface area contributed by atoms with Crippen LogP contribution in [0.4, 0.5) is 0 Å². The predicted molar refractivity (Wildman–Crippen MR) is 332 cm³/mol. The maximum atomic E-state index is 14.0. The fourth-order valence-corrected chi connectivity index (χ4v) is 13.2. The van der Waals surface area contributed by atoms with Gasteiger partial charge in [-0.2, -0.15) is 0 Å². The Bertz CT molecular complexity index is 2660. The Labute approximate surface area is 566 Å². The van der Waals surface area contributed by atoms with E-state index < -0.39 is 246 Å². The molecule has 0 radical (unpaired) electrons. The van der Waals surface area contributed by atoms with Crippen LogP contribution in [0.25, 0.3) is 0 Å². The molecule has 560 valence electrons. The molecule has 19 N–H and O–H groups in total. The van der Waals surface area contributed by atoms with E-state index in [1.165, 1.54) is 51.2 Å². The fourth-order valence-electron chi connectivity index (χ4n) is 13.2. The molecule has 7 rings (SSSR count). The monoisotopic (exact) mass is 1410 g/mol. The summed E-state index contributed by atoms with van der Waals surface area (Å²) in [7, 11) is 0. The van der Waals surface area contributed by atoms with Crippen molar-refractivity contribution in [3.05, 3.63) is 29.8 Å². The normalized spacial score (nSPS) is 39.8. The number of aliphatic hydroxyl groups excluding tert-OH is 14. The molecule has 5 saturated heterocycles. The lowest BCUT2D eigenvalue weighted by atomic mass is 9.79. The van der Waals surface area contributed by atoms with Gasteiger partial charge in [0.05, 0.1) is 57.4 Å². The molecule has 0 aromatic heterocycles. The molecule has 1 aromatic carbocycles. The number of nitrogens with one attached hydrogen (secondary N) is 5. The van der Waals surface area contributed by atoms with Crippen LogP contribution in [0.2, 0.25) is 0 Å². The van der Waals surface area contributed by atoms with Gasteiger partial charge in [-0.1, -0.05) is 64.4 Å². The van der Waals surface area contributed by atoms with Gasteiger partial charge in [0.1, 0.15) is 128 Å². The van der Waals surface area contributed by atoms with Crippen molar-refractivity contribution in [2.75, 3.05) is 39.6 Å². The molecule has 6 fully saturated rings. The van der Waals surface area contributed by atoms with E-state index in [0.29, 0.717) is 12.4 Å². The molecule has 98 heavy (non-hydrogen) atoms. The van der Waals surface area contributed by atoms with E-state index in [4.69, 9.17) is 52.1 Å². The zero-order valence-corrected chi connectivity index (χ0v) is 55.7. The largest absolute Gasteiger partial charge is 0.494 e. The second kappa shape index (κ2) is 38.1. The summed E-state index contributed by atoms with van der Waals surface area (Å²) in [6.45, 7) is 3.76. The van der Waals surface area contributed by atoms with Gasteiger partial charge in [0, 0.05) is 45.8 Å². The molecule has 6 aliphatic rings. The van der Waals surface area contributed by atoms with Crippen LogP contribution in [-0.2, 0) is 66.5 Å². The third-order valence-corrected chi connectivity index (χ3v) is 18.5. The average molecular weight is 1410 g/mol. The molecule has 5 heterocycles. The highest BCUT2D eigenvalue weighted by Crippen LogP contribution is 2.38. The summed E-state index contributed by atoms with van der Waals surface area (Å²) in [6.07, 6.45) is -32.2. The first-order valence-electron chi connectivity index (χ1n) is 33.5. The maximum absolute atomic E-state index is 14.0. The highest BCUT2D eigenvalue weighted by atomic mass is 16.8. The van der Waals surface area contributed by atoms with E-state index in [1.54, 1.807) is 12.1 Å². The van der Waals surface area contributed by atoms with Crippen LogP contribution >= 0.6 is 0 Å². The van der Waals surface area contributed by atoms with Crippen molar-refractivity contribution >= 4 is 29.5 Å². The Hall–Kier alpha value is -4.59. The Morgan fingerprint density at radius 2 is 0.908 bits per heavy atom. The summed E-state index contributed by atoms with van der Waals surface area (Å²) in [4.78, 5) is 65.1. The van der Waals surface area contributed by atoms with E-state index in [2.05, 4.69) is 33.5 Å². The third-order valence-electron chi connectivity index (χ3n) is 18.5. The lowest BCUT2D eigenvalue weighted by Gasteiger charge is -2.51. The predicted octanol–water partition coefficient (Wildman–Crippen LogP) is -6.49. The first-order chi connectivity index (χ1) is 46.7. The van der Waals surface area contributed by atoms with E-state index in [1.807, 2.05) is 0 Å². The average Bonchev–Trinajstić information content (AvgIpc) is 0.772. The molecule has 0 spiro atoms. The number of hydrogen-bond acceptors (Lipinski definition) is 30. The van der Waals surface area contributed by atoms with Crippen LogP contribution in [0, 0.1) is 5.92 Å². The van der Waals surface area contributed by atoms with E-state index >= 15 is 0 Å². The van der Waals surface area contributed by atoms with Crippen LogP contribution in [0.3, 0.4) is 0 Å². The number of benzene rings is 1. The first kappa shape index (κ1) is 80.7. The molecule has 0 bridgehead atoms.